The fourth-order valence-electron chi connectivity index (χ4n) is 3.05. The summed E-state index contributed by atoms with van der Waals surface area (Å²) in [6.45, 7) is 2.20. The summed E-state index contributed by atoms with van der Waals surface area (Å²) < 4.78 is 0. The molecule has 2 heteroatoms. The van der Waals surface area contributed by atoms with Gasteiger partial charge in [-0.15, -0.1) is 0 Å². The monoisotopic (exact) mass is 264 g/mol. The summed E-state index contributed by atoms with van der Waals surface area (Å²) >= 11 is 1.78. The molecule has 1 nitrogen and oxygen atoms in total. The van der Waals surface area contributed by atoms with Crippen LogP contribution in [0.2, 0.25) is 0 Å². The quantitative estimate of drug-likeness (QED) is 0.616. The second kappa shape index (κ2) is 3.84. The van der Waals surface area contributed by atoms with Crippen molar-refractivity contribution in [3.05, 3.63) is 53.6 Å². The highest BCUT2D eigenvalue weighted by atomic mass is 32.2. The first-order valence-electron chi connectivity index (χ1n) is 6.43. The average molecular weight is 264 g/mol. The number of hydrogen-bond acceptors (Lipinski definition) is 1. The molecule has 0 saturated heterocycles. The van der Waals surface area contributed by atoms with Crippen molar-refractivity contribution in [1.29, 1.82) is 0 Å². The second-order valence-electron chi connectivity index (χ2n) is 4.98. The van der Waals surface area contributed by atoms with Crippen LogP contribution < -0.4 is 4.99 Å². The third-order valence-electron chi connectivity index (χ3n) is 3.91. The molecule has 19 heavy (non-hydrogen) atoms. The SMILES string of the molecule is CSC1=[NH+]c2ccc(C)c3c2c1cc1ccccc13. The smallest absolute Gasteiger partial charge is 0.198 e. The molecule has 0 spiro atoms. The number of aryl methyl sites for hydroxylation is 1. The van der Waals surface area contributed by atoms with Gasteiger partial charge in [0.15, 0.2) is 0 Å². The van der Waals surface area contributed by atoms with Gasteiger partial charge in [0.2, 0.25) is 10.7 Å². The number of nitrogens with one attached hydrogen (secondary N) is 1. The Bertz CT molecular complexity index is 862. The summed E-state index contributed by atoms with van der Waals surface area (Å²) in [5, 5.41) is 6.70. The fraction of sp³-hybridized carbons (Fsp3) is 0.118. The number of rotatable bonds is 0. The van der Waals surface area contributed by atoms with Crippen molar-refractivity contribution in [2.75, 3.05) is 6.26 Å². The lowest BCUT2D eigenvalue weighted by Crippen LogP contribution is -2.63. The molecule has 1 aliphatic heterocycles. The second-order valence-corrected chi connectivity index (χ2v) is 5.80. The highest BCUT2D eigenvalue weighted by molar-refractivity contribution is 8.13. The molecule has 4 rings (SSSR count). The van der Waals surface area contributed by atoms with Crippen LogP contribution in [-0.4, -0.2) is 11.3 Å². The first-order valence-corrected chi connectivity index (χ1v) is 7.65. The maximum absolute atomic E-state index is 3.54. The van der Waals surface area contributed by atoms with Gasteiger partial charge < -0.3 is 0 Å². The van der Waals surface area contributed by atoms with Crippen molar-refractivity contribution >= 4 is 44.0 Å². The van der Waals surface area contributed by atoms with Crippen LogP contribution in [-0.2, 0) is 0 Å². The van der Waals surface area contributed by atoms with Gasteiger partial charge in [0.1, 0.15) is 0 Å². The van der Waals surface area contributed by atoms with Crippen LogP contribution in [0.4, 0.5) is 5.69 Å². The minimum absolute atomic E-state index is 1.24. The predicted octanol–water partition coefficient (Wildman–Crippen LogP) is 3.14. The van der Waals surface area contributed by atoms with Gasteiger partial charge in [-0.25, -0.2) is 0 Å². The summed E-state index contributed by atoms with van der Waals surface area (Å²) in [5.74, 6) is 0. The average Bonchev–Trinajstić information content (AvgIpc) is 2.80. The lowest BCUT2D eigenvalue weighted by atomic mass is 9.95. The number of benzene rings is 3. The molecule has 0 unspecified atom stereocenters. The molecule has 0 amide bonds. The lowest BCUT2D eigenvalue weighted by molar-refractivity contribution is -0.344. The molecular formula is C17H14NS+. The van der Waals surface area contributed by atoms with E-state index in [0.717, 1.165) is 0 Å². The Kier molecular flexibility index (Phi) is 2.24. The van der Waals surface area contributed by atoms with Gasteiger partial charge in [0, 0.05) is 6.07 Å². The highest BCUT2D eigenvalue weighted by Crippen LogP contribution is 2.36. The molecule has 0 fully saturated rings. The summed E-state index contributed by atoms with van der Waals surface area (Å²) in [6.07, 6.45) is 2.13. The van der Waals surface area contributed by atoms with Gasteiger partial charge in [-0.05, 0) is 41.0 Å². The minimum atomic E-state index is 1.24. The third kappa shape index (κ3) is 1.41. The van der Waals surface area contributed by atoms with E-state index < -0.39 is 0 Å². The third-order valence-corrected chi connectivity index (χ3v) is 4.64. The number of fused-ring (bicyclic) bond motifs is 2. The van der Waals surface area contributed by atoms with Crippen LogP contribution in [0, 0.1) is 6.92 Å². The largest absolute Gasteiger partial charge is 0.246 e. The maximum atomic E-state index is 3.54. The van der Waals surface area contributed by atoms with E-state index in [9.17, 15) is 0 Å². The fourth-order valence-corrected chi connectivity index (χ4v) is 3.64. The van der Waals surface area contributed by atoms with E-state index in [1.165, 1.54) is 43.4 Å². The van der Waals surface area contributed by atoms with E-state index in [-0.39, 0.29) is 0 Å². The van der Waals surface area contributed by atoms with Crippen LogP contribution in [0.1, 0.15) is 11.1 Å². The van der Waals surface area contributed by atoms with Gasteiger partial charge in [0.05, 0.1) is 10.9 Å². The van der Waals surface area contributed by atoms with Gasteiger partial charge in [0.25, 0.3) is 0 Å². The van der Waals surface area contributed by atoms with Crippen LogP contribution in [0.25, 0.3) is 21.5 Å². The van der Waals surface area contributed by atoms with E-state index in [4.69, 9.17) is 0 Å². The van der Waals surface area contributed by atoms with E-state index in [1.54, 1.807) is 11.8 Å². The van der Waals surface area contributed by atoms with Gasteiger partial charge in [-0.3, -0.25) is 0 Å². The highest BCUT2D eigenvalue weighted by Gasteiger charge is 2.26. The molecule has 0 aromatic heterocycles. The molecular weight excluding hydrogens is 250 g/mol. The first kappa shape index (κ1) is 11.1. The Balaban J connectivity index is 2.31. The zero-order valence-electron chi connectivity index (χ0n) is 10.9. The van der Waals surface area contributed by atoms with Crippen LogP contribution in [0.3, 0.4) is 0 Å². The molecule has 0 aliphatic carbocycles. The zero-order chi connectivity index (χ0) is 13.0. The molecule has 0 radical (unpaired) electrons. The Hall–Kier alpha value is -1.80. The standard InChI is InChI=1S/C17H13NS/c1-10-7-8-14-16-13(17(18-14)19-2)9-11-5-3-4-6-12(11)15(10)16/h3-9H,1-2H3/p+1. The van der Waals surface area contributed by atoms with Gasteiger partial charge in [-0.2, -0.15) is 4.99 Å². The molecule has 1 aliphatic rings. The summed E-state index contributed by atoms with van der Waals surface area (Å²) in [7, 11) is 0. The molecule has 1 heterocycles. The first-order chi connectivity index (χ1) is 9.29. The Morgan fingerprint density at radius 1 is 1.00 bits per heavy atom. The topological polar surface area (TPSA) is 14.0 Å². The molecule has 0 bridgehead atoms. The summed E-state index contributed by atoms with van der Waals surface area (Å²) in [4.78, 5) is 3.54. The van der Waals surface area contributed by atoms with E-state index in [0.29, 0.717) is 0 Å². The van der Waals surface area contributed by atoms with Crippen molar-refractivity contribution in [3.8, 4) is 0 Å². The zero-order valence-corrected chi connectivity index (χ0v) is 11.8. The summed E-state index contributed by atoms with van der Waals surface area (Å²) in [6, 6.07) is 15.4. The number of thioether (sulfide) groups is 1. The Morgan fingerprint density at radius 2 is 1.84 bits per heavy atom. The molecule has 0 saturated carbocycles. The van der Waals surface area contributed by atoms with Crippen molar-refractivity contribution in [2.24, 2.45) is 0 Å². The molecule has 3 aromatic rings. The predicted molar refractivity (Wildman–Crippen MR) is 84.4 cm³/mol. The van der Waals surface area contributed by atoms with Gasteiger partial charge in [-0.1, -0.05) is 42.1 Å². The van der Waals surface area contributed by atoms with Crippen LogP contribution in [0.5, 0.6) is 0 Å². The van der Waals surface area contributed by atoms with Crippen LogP contribution in [0.15, 0.2) is 42.5 Å². The maximum Gasteiger partial charge on any atom is 0.246 e. The normalized spacial score (nSPS) is 13.3. The van der Waals surface area contributed by atoms with Crippen molar-refractivity contribution < 1.29 is 4.99 Å². The molecule has 3 aromatic carbocycles. The van der Waals surface area contributed by atoms with Crippen molar-refractivity contribution in [1.82, 2.24) is 0 Å². The van der Waals surface area contributed by atoms with E-state index in [2.05, 4.69) is 60.6 Å². The van der Waals surface area contributed by atoms with E-state index in [1.807, 2.05) is 0 Å². The van der Waals surface area contributed by atoms with Gasteiger partial charge >= 0.3 is 0 Å². The summed E-state index contributed by atoms with van der Waals surface area (Å²) in [5.41, 5.74) is 3.94. The number of hydrogen-bond donors (Lipinski definition) is 1. The lowest BCUT2D eigenvalue weighted by Gasteiger charge is -2.07. The van der Waals surface area contributed by atoms with E-state index >= 15 is 0 Å². The minimum Gasteiger partial charge on any atom is -0.198 e. The molecule has 0 atom stereocenters. The Morgan fingerprint density at radius 3 is 2.68 bits per heavy atom. The Labute approximate surface area is 116 Å². The molecule has 92 valence electrons. The van der Waals surface area contributed by atoms with Crippen LogP contribution >= 0.6 is 11.8 Å². The molecule has 1 N–H and O–H groups in total. The van der Waals surface area contributed by atoms with Crippen molar-refractivity contribution in [3.63, 3.8) is 0 Å². The van der Waals surface area contributed by atoms with Crippen molar-refractivity contribution in [2.45, 2.75) is 6.92 Å².